The van der Waals surface area contributed by atoms with Crippen molar-refractivity contribution in [1.82, 2.24) is 0 Å². The van der Waals surface area contributed by atoms with Crippen LogP contribution in [0.3, 0.4) is 0 Å². The van der Waals surface area contributed by atoms with Gasteiger partial charge in [-0.05, 0) is 84.0 Å². The first-order valence-electron chi connectivity index (χ1n) is 13.4. The van der Waals surface area contributed by atoms with Crippen LogP contribution >= 0.6 is 11.3 Å². The standard InChI is InChI=1S/C36H25NOS/c1-2-9-25(10-3-1)37(27-21-22-35-32(23-27)30-12-5-7-16-34(30)39-35)26-19-17-24(18-20-26)28-13-8-14-31-29-11-4-6-15-33(29)38-36(28)31/h1-4,6-11,13-23H,5,12H2. The largest absolute Gasteiger partial charge is 0.455 e. The van der Waals surface area contributed by atoms with Crippen LogP contribution in [-0.4, -0.2) is 0 Å². The monoisotopic (exact) mass is 519 g/mol. The average Bonchev–Trinajstić information content (AvgIpc) is 3.57. The summed E-state index contributed by atoms with van der Waals surface area (Å²) in [6.07, 6.45) is 6.81. The summed E-state index contributed by atoms with van der Waals surface area (Å²) in [6.45, 7) is 0. The maximum atomic E-state index is 6.32. The number of allylic oxidation sites excluding steroid dienone is 1. The van der Waals surface area contributed by atoms with Crippen LogP contribution in [0.5, 0.6) is 0 Å². The molecule has 0 atom stereocenters. The molecule has 0 amide bonds. The second kappa shape index (κ2) is 9.00. The van der Waals surface area contributed by atoms with Crippen LogP contribution in [0.15, 0.2) is 126 Å². The zero-order valence-electron chi connectivity index (χ0n) is 21.3. The van der Waals surface area contributed by atoms with Gasteiger partial charge in [-0.2, -0.15) is 0 Å². The highest BCUT2D eigenvalue weighted by Crippen LogP contribution is 2.42. The van der Waals surface area contributed by atoms with Crippen LogP contribution < -0.4 is 4.90 Å². The molecule has 8 rings (SSSR count). The summed E-state index contributed by atoms with van der Waals surface area (Å²) in [4.78, 5) is 3.76. The summed E-state index contributed by atoms with van der Waals surface area (Å²) >= 11 is 1.90. The Labute approximate surface area is 231 Å². The van der Waals surface area contributed by atoms with E-state index in [2.05, 4.69) is 120 Å². The van der Waals surface area contributed by atoms with Gasteiger partial charge in [0.2, 0.25) is 0 Å². The fourth-order valence-electron chi connectivity index (χ4n) is 5.89. The number of rotatable bonds is 4. The molecule has 2 aromatic heterocycles. The first-order chi connectivity index (χ1) is 19.3. The van der Waals surface area contributed by atoms with Crippen LogP contribution in [0.1, 0.15) is 16.9 Å². The van der Waals surface area contributed by atoms with E-state index in [0.29, 0.717) is 0 Å². The topological polar surface area (TPSA) is 16.4 Å². The van der Waals surface area contributed by atoms with E-state index in [4.69, 9.17) is 4.42 Å². The lowest BCUT2D eigenvalue weighted by molar-refractivity contribution is 0.670. The Hall–Kier alpha value is -4.60. The number of thiophene rings is 1. The predicted octanol–water partition coefficient (Wildman–Crippen LogP) is 10.9. The smallest absolute Gasteiger partial charge is 0.143 e. The normalized spacial score (nSPS) is 12.8. The van der Waals surface area contributed by atoms with E-state index in [1.54, 1.807) is 0 Å². The zero-order valence-corrected chi connectivity index (χ0v) is 22.1. The maximum absolute atomic E-state index is 6.32. The summed E-state index contributed by atoms with van der Waals surface area (Å²) in [5.41, 5.74) is 9.06. The fraction of sp³-hybridized carbons (Fsp3) is 0.0556. The third-order valence-electron chi connectivity index (χ3n) is 7.75. The van der Waals surface area contributed by atoms with Crippen LogP contribution in [0.25, 0.3) is 49.2 Å². The van der Waals surface area contributed by atoms with Gasteiger partial charge in [-0.25, -0.2) is 0 Å². The number of para-hydroxylation sites is 3. The molecule has 2 nitrogen and oxygen atoms in total. The maximum Gasteiger partial charge on any atom is 0.143 e. The molecule has 0 spiro atoms. The van der Waals surface area contributed by atoms with Crippen LogP contribution in [0.4, 0.5) is 17.1 Å². The number of furan rings is 1. The van der Waals surface area contributed by atoms with E-state index < -0.39 is 0 Å². The molecule has 0 saturated heterocycles. The molecule has 1 aliphatic rings. The van der Waals surface area contributed by atoms with E-state index in [1.165, 1.54) is 26.2 Å². The zero-order chi connectivity index (χ0) is 25.8. The first-order valence-corrected chi connectivity index (χ1v) is 14.2. The van der Waals surface area contributed by atoms with Crippen molar-refractivity contribution in [2.45, 2.75) is 12.8 Å². The number of fused-ring (bicyclic) bond motifs is 6. The van der Waals surface area contributed by atoms with Crippen LogP contribution in [-0.2, 0) is 6.42 Å². The van der Waals surface area contributed by atoms with Crippen molar-refractivity contribution in [3.05, 3.63) is 132 Å². The van der Waals surface area contributed by atoms with Crippen molar-refractivity contribution < 1.29 is 4.42 Å². The van der Waals surface area contributed by atoms with Crippen molar-refractivity contribution in [3.63, 3.8) is 0 Å². The van der Waals surface area contributed by atoms with Gasteiger partial charge in [0, 0.05) is 43.0 Å². The number of hydrogen-bond donors (Lipinski definition) is 0. The molecular weight excluding hydrogens is 494 g/mol. The van der Waals surface area contributed by atoms with Gasteiger partial charge in [-0.1, -0.05) is 72.8 Å². The number of anilines is 3. The second-order valence-corrected chi connectivity index (χ2v) is 11.1. The van der Waals surface area contributed by atoms with Crippen LogP contribution in [0.2, 0.25) is 0 Å². The summed E-state index contributed by atoms with van der Waals surface area (Å²) in [7, 11) is 0. The summed E-state index contributed by atoms with van der Waals surface area (Å²) < 4.78 is 7.68. The van der Waals surface area contributed by atoms with Crippen molar-refractivity contribution in [3.8, 4) is 11.1 Å². The number of aryl methyl sites for hydroxylation is 1. The van der Waals surface area contributed by atoms with Gasteiger partial charge in [0.15, 0.2) is 0 Å². The first kappa shape index (κ1) is 22.4. The molecule has 0 unspecified atom stereocenters. The van der Waals surface area contributed by atoms with Gasteiger partial charge >= 0.3 is 0 Å². The van der Waals surface area contributed by atoms with E-state index >= 15 is 0 Å². The predicted molar refractivity (Wildman–Crippen MR) is 167 cm³/mol. The molecule has 0 N–H and O–H groups in total. The lowest BCUT2D eigenvalue weighted by Crippen LogP contribution is -2.09. The lowest BCUT2D eigenvalue weighted by atomic mass is 10.00. The van der Waals surface area contributed by atoms with Gasteiger partial charge in [-0.15, -0.1) is 11.3 Å². The molecular formula is C36H25NOS. The molecule has 0 fully saturated rings. The molecule has 186 valence electrons. The Bertz CT molecular complexity index is 2010. The molecule has 0 aliphatic heterocycles. The Morgan fingerprint density at radius 2 is 1.41 bits per heavy atom. The van der Waals surface area contributed by atoms with Crippen LogP contribution in [0, 0.1) is 0 Å². The highest BCUT2D eigenvalue weighted by molar-refractivity contribution is 7.20. The van der Waals surface area contributed by atoms with Gasteiger partial charge in [0.1, 0.15) is 11.2 Å². The summed E-state index contributed by atoms with van der Waals surface area (Å²) in [5, 5.41) is 3.69. The van der Waals surface area contributed by atoms with Crippen molar-refractivity contribution in [2.75, 3.05) is 4.90 Å². The third-order valence-corrected chi connectivity index (χ3v) is 8.93. The third kappa shape index (κ3) is 3.70. The molecule has 0 bridgehead atoms. The number of nitrogens with zero attached hydrogens (tertiary/aromatic N) is 1. The molecule has 0 radical (unpaired) electrons. The highest BCUT2D eigenvalue weighted by Gasteiger charge is 2.18. The Morgan fingerprint density at radius 1 is 0.641 bits per heavy atom. The Balaban J connectivity index is 1.25. The molecule has 3 heteroatoms. The minimum atomic E-state index is 0.924. The minimum absolute atomic E-state index is 0.924. The van der Waals surface area contributed by atoms with E-state index in [0.717, 1.165) is 57.3 Å². The lowest BCUT2D eigenvalue weighted by Gasteiger charge is -2.26. The highest BCUT2D eigenvalue weighted by atomic mass is 32.1. The van der Waals surface area contributed by atoms with E-state index in [1.807, 2.05) is 23.5 Å². The molecule has 0 saturated carbocycles. The Morgan fingerprint density at radius 3 is 2.31 bits per heavy atom. The molecule has 5 aromatic carbocycles. The van der Waals surface area contributed by atoms with Gasteiger partial charge in [0.25, 0.3) is 0 Å². The average molecular weight is 520 g/mol. The molecule has 1 aliphatic carbocycles. The van der Waals surface area contributed by atoms with Crippen molar-refractivity contribution in [2.24, 2.45) is 0 Å². The summed E-state index contributed by atoms with van der Waals surface area (Å²) in [6, 6.07) is 41.1. The minimum Gasteiger partial charge on any atom is -0.455 e. The number of benzene rings is 5. The van der Waals surface area contributed by atoms with Crippen molar-refractivity contribution in [1.29, 1.82) is 0 Å². The van der Waals surface area contributed by atoms with E-state index in [-0.39, 0.29) is 0 Å². The van der Waals surface area contributed by atoms with Crippen molar-refractivity contribution >= 4 is 66.5 Å². The van der Waals surface area contributed by atoms with Gasteiger partial charge in [-0.3, -0.25) is 0 Å². The fourth-order valence-corrected chi connectivity index (χ4v) is 7.06. The molecule has 7 aromatic rings. The molecule has 2 heterocycles. The van der Waals surface area contributed by atoms with E-state index in [9.17, 15) is 0 Å². The molecule has 39 heavy (non-hydrogen) atoms. The quantitative estimate of drug-likeness (QED) is 0.230. The van der Waals surface area contributed by atoms with Gasteiger partial charge in [0.05, 0.1) is 0 Å². The second-order valence-electron chi connectivity index (χ2n) is 10.1. The SMILES string of the molecule is C1=Cc2sc3ccc(N(c4ccccc4)c4ccc(-c5cccc6c5oc5ccccc56)cc4)cc3c2CC1. The van der Waals surface area contributed by atoms with Gasteiger partial charge < -0.3 is 9.32 Å². The number of hydrogen-bond acceptors (Lipinski definition) is 3. The summed E-state index contributed by atoms with van der Waals surface area (Å²) in [5.74, 6) is 0. The Kier molecular flexibility index (Phi) is 5.17.